The second kappa shape index (κ2) is 6.07. The Morgan fingerprint density at radius 3 is 2.42 bits per heavy atom. The highest BCUT2D eigenvalue weighted by Gasteiger charge is 2.17. The van der Waals surface area contributed by atoms with Crippen molar-refractivity contribution in [2.45, 2.75) is 0 Å². The Bertz CT molecular complexity index is 1220. The Morgan fingerprint density at radius 1 is 0.885 bits per heavy atom. The fourth-order valence-electron chi connectivity index (χ4n) is 2.93. The van der Waals surface area contributed by atoms with Gasteiger partial charge in [-0.1, -0.05) is 24.3 Å². The highest BCUT2D eigenvalue weighted by molar-refractivity contribution is 6.13. The molecular weight excluding hydrogens is 338 g/mol. The molecule has 0 saturated carbocycles. The molecule has 4 aromatic rings. The highest BCUT2D eigenvalue weighted by Crippen LogP contribution is 2.22. The van der Waals surface area contributed by atoms with E-state index in [1.54, 1.807) is 30.3 Å². The summed E-state index contributed by atoms with van der Waals surface area (Å²) in [6.07, 6.45) is 0. The number of H-pyrrole nitrogens is 1. The van der Waals surface area contributed by atoms with E-state index in [0.717, 1.165) is 12.1 Å². The Labute approximate surface area is 146 Å². The molecule has 0 radical (unpaired) electrons. The third-order valence-corrected chi connectivity index (χ3v) is 4.13. The first-order chi connectivity index (χ1) is 12.5. The number of aromatic nitrogens is 1. The van der Waals surface area contributed by atoms with Crippen molar-refractivity contribution < 1.29 is 13.6 Å². The average molecular weight is 350 g/mol. The van der Waals surface area contributed by atoms with Crippen LogP contribution in [0.15, 0.2) is 65.5 Å². The van der Waals surface area contributed by atoms with E-state index < -0.39 is 23.0 Å². The van der Waals surface area contributed by atoms with Gasteiger partial charge in [0.2, 0.25) is 0 Å². The first-order valence-corrected chi connectivity index (χ1v) is 7.85. The van der Waals surface area contributed by atoms with Crippen LogP contribution in [0.25, 0.3) is 21.8 Å². The zero-order valence-electron chi connectivity index (χ0n) is 13.3. The van der Waals surface area contributed by atoms with Crippen molar-refractivity contribution in [3.63, 3.8) is 0 Å². The van der Waals surface area contributed by atoms with E-state index in [1.165, 1.54) is 18.2 Å². The van der Waals surface area contributed by atoms with Gasteiger partial charge >= 0.3 is 0 Å². The molecule has 4 rings (SSSR count). The van der Waals surface area contributed by atoms with E-state index in [1.807, 2.05) is 0 Å². The lowest BCUT2D eigenvalue weighted by Gasteiger charge is -2.10. The monoisotopic (exact) mass is 350 g/mol. The number of amides is 1. The van der Waals surface area contributed by atoms with Crippen LogP contribution in [0.4, 0.5) is 14.5 Å². The summed E-state index contributed by atoms with van der Waals surface area (Å²) in [6.45, 7) is 0. The van der Waals surface area contributed by atoms with Crippen molar-refractivity contribution in [3.8, 4) is 0 Å². The lowest BCUT2D eigenvalue weighted by Crippen LogP contribution is -2.15. The van der Waals surface area contributed by atoms with Crippen molar-refractivity contribution in [1.82, 2.24) is 4.98 Å². The van der Waals surface area contributed by atoms with Gasteiger partial charge in [-0.2, -0.15) is 0 Å². The van der Waals surface area contributed by atoms with Gasteiger partial charge in [-0.25, -0.2) is 8.78 Å². The largest absolute Gasteiger partial charge is 0.351 e. The van der Waals surface area contributed by atoms with Gasteiger partial charge in [0, 0.05) is 16.5 Å². The predicted octanol–water partition coefficient (Wildman–Crippen LogP) is 4.21. The minimum Gasteiger partial charge on any atom is -0.351 e. The molecule has 0 unspecified atom stereocenters. The fourth-order valence-corrected chi connectivity index (χ4v) is 2.93. The minimum atomic E-state index is -0.725. The molecule has 0 fully saturated rings. The van der Waals surface area contributed by atoms with Crippen LogP contribution in [0, 0.1) is 11.6 Å². The number of carbonyl (C=O) groups excluding carboxylic acids is 1. The Balaban J connectivity index is 1.97. The maximum Gasteiger partial charge on any atom is 0.257 e. The Morgan fingerprint density at radius 2 is 1.65 bits per heavy atom. The van der Waals surface area contributed by atoms with Crippen LogP contribution in [0.3, 0.4) is 0 Å². The number of halogens is 2. The van der Waals surface area contributed by atoms with Crippen LogP contribution in [-0.4, -0.2) is 10.9 Å². The summed E-state index contributed by atoms with van der Waals surface area (Å²) in [6, 6.07) is 14.7. The molecule has 0 aliphatic carbocycles. The molecule has 1 heterocycles. The summed E-state index contributed by atoms with van der Waals surface area (Å²) in [5.74, 6) is -1.95. The van der Waals surface area contributed by atoms with Gasteiger partial charge in [0.25, 0.3) is 5.91 Å². The van der Waals surface area contributed by atoms with E-state index in [4.69, 9.17) is 0 Å². The Hall–Kier alpha value is -3.54. The molecule has 0 bridgehead atoms. The summed E-state index contributed by atoms with van der Waals surface area (Å²) >= 11 is 0. The zero-order valence-corrected chi connectivity index (χ0v) is 13.3. The van der Waals surface area contributed by atoms with Crippen LogP contribution in [-0.2, 0) is 0 Å². The van der Waals surface area contributed by atoms with E-state index in [0.29, 0.717) is 5.69 Å². The molecule has 128 valence electrons. The number of rotatable bonds is 2. The minimum absolute atomic E-state index is 0.0127. The number of nitrogens with one attached hydrogen (secondary N) is 2. The normalized spacial score (nSPS) is 11.0. The number of anilines is 1. The van der Waals surface area contributed by atoms with Gasteiger partial charge in [-0.15, -0.1) is 0 Å². The van der Waals surface area contributed by atoms with Gasteiger partial charge in [0.15, 0.2) is 5.43 Å². The molecule has 1 aromatic heterocycles. The lowest BCUT2D eigenvalue weighted by atomic mass is 10.0. The summed E-state index contributed by atoms with van der Waals surface area (Å²) < 4.78 is 28.2. The molecule has 0 saturated heterocycles. The predicted molar refractivity (Wildman–Crippen MR) is 96.4 cm³/mol. The maximum absolute atomic E-state index is 14.1. The lowest BCUT2D eigenvalue weighted by molar-refractivity contribution is 0.102. The third kappa shape index (κ3) is 2.61. The summed E-state index contributed by atoms with van der Waals surface area (Å²) in [7, 11) is 0. The van der Waals surface area contributed by atoms with Crippen LogP contribution in [0.1, 0.15) is 10.4 Å². The quantitative estimate of drug-likeness (QED) is 0.532. The molecule has 1 amide bonds. The number of hydrogen-bond donors (Lipinski definition) is 2. The van der Waals surface area contributed by atoms with Gasteiger partial charge in [0.05, 0.1) is 16.6 Å². The molecule has 6 heteroatoms. The fraction of sp³-hybridized carbons (Fsp3) is 0. The van der Waals surface area contributed by atoms with E-state index in [2.05, 4.69) is 10.3 Å². The SMILES string of the molecule is O=C(Nc1ccccc1)c1cc(F)cc2c(=O)c3cccc(F)c3[nH]c12. The number of pyridine rings is 1. The first kappa shape index (κ1) is 16.0. The van der Waals surface area contributed by atoms with E-state index >= 15 is 0 Å². The summed E-state index contributed by atoms with van der Waals surface area (Å²) in [5.41, 5.74) is -0.0374. The molecule has 4 nitrogen and oxygen atoms in total. The van der Waals surface area contributed by atoms with Crippen LogP contribution in [0.2, 0.25) is 0 Å². The standard InChI is InChI=1S/C20H12F2N2O2/c21-11-9-14-17(24-18-13(19(14)25)7-4-8-16(18)22)15(10-11)20(26)23-12-5-2-1-3-6-12/h1-10H,(H,23,26)(H,24,25). The van der Waals surface area contributed by atoms with Crippen molar-refractivity contribution in [3.05, 3.63) is 88.1 Å². The number of para-hydroxylation sites is 2. The van der Waals surface area contributed by atoms with Gasteiger partial charge < -0.3 is 10.3 Å². The van der Waals surface area contributed by atoms with E-state index in [-0.39, 0.29) is 27.4 Å². The van der Waals surface area contributed by atoms with Gasteiger partial charge in [0.1, 0.15) is 11.6 Å². The van der Waals surface area contributed by atoms with Crippen LogP contribution >= 0.6 is 0 Å². The maximum atomic E-state index is 14.1. The summed E-state index contributed by atoms with van der Waals surface area (Å²) in [5, 5.41) is 2.72. The van der Waals surface area contributed by atoms with Crippen molar-refractivity contribution in [2.75, 3.05) is 5.32 Å². The third-order valence-electron chi connectivity index (χ3n) is 4.13. The molecule has 0 aliphatic heterocycles. The molecule has 26 heavy (non-hydrogen) atoms. The number of aromatic amines is 1. The average Bonchev–Trinajstić information content (AvgIpc) is 2.64. The van der Waals surface area contributed by atoms with Crippen LogP contribution in [0.5, 0.6) is 0 Å². The molecule has 0 atom stereocenters. The zero-order chi connectivity index (χ0) is 18.3. The first-order valence-electron chi connectivity index (χ1n) is 7.85. The summed E-state index contributed by atoms with van der Waals surface area (Å²) in [4.78, 5) is 28.0. The second-order valence-electron chi connectivity index (χ2n) is 5.81. The molecule has 3 aromatic carbocycles. The molecule has 0 spiro atoms. The molecule has 2 N–H and O–H groups in total. The van der Waals surface area contributed by atoms with Gasteiger partial charge in [-0.05, 0) is 36.4 Å². The Kier molecular flexibility index (Phi) is 3.73. The molecular formula is C20H12F2N2O2. The number of carbonyl (C=O) groups is 1. The number of benzene rings is 3. The van der Waals surface area contributed by atoms with E-state index in [9.17, 15) is 18.4 Å². The van der Waals surface area contributed by atoms with Crippen molar-refractivity contribution in [2.24, 2.45) is 0 Å². The topological polar surface area (TPSA) is 62.0 Å². The number of hydrogen-bond acceptors (Lipinski definition) is 2. The highest BCUT2D eigenvalue weighted by atomic mass is 19.1. The number of fused-ring (bicyclic) bond motifs is 2. The smallest absolute Gasteiger partial charge is 0.257 e. The van der Waals surface area contributed by atoms with Crippen molar-refractivity contribution >= 4 is 33.4 Å². The van der Waals surface area contributed by atoms with Crippen molar-refractivity contribution in [1.29, 1.82) is 0 Å². The van der Waals surface area contributed by atoms with Crippen LogP contribution < -0.4 is 10.7 Å². The second-order valence-corrected chi connectivity index (χ2v) is 5.81. The van der Waals surface area contributed by atoms with Gasteiger partial charge in [-0.3, -0.25) is 9.59 Å². The molecule has 0 aliphatic rings.